The van der Waals surface area contributed by atoms with E-state index in [1.54, 1.807) is 0 Å². The third-order valence-electron chi connectivity index (χ3n) is 12.0. The first-order chi connectivity index (χ1) is 29.5. The van der Waals surface area contributed by atoms with Gasteiger partial charge < -0.3 is 25.7 Å². The lowest BCUT2D eigenvalue weighted by molar-refractivity contribution is -0.132. The number of aliphatic hydroxyl groups is 4. The summed E-state index contributed by atoms with van der Waals surface area (Å²) < 4.78 is 0. The lowest BCUT2D eigenvalue weighted by Gasteiger charge is -2.27. The van der Waals surface area contributed by atoms with E-state index in [1.807, 2.05) is 0 Å². The highest BCUT2D eigenvalue weighted by atomic mass is 16.3. The zero-order chi connectivity index (χ0) is 43.8. The van der Waals surface area contributed by atoms with Gasteiger partial charge in [-0.2, -0.15) is 0 Å². The summed E-state index contributed by atoms with van der Waals surface area (Å²) in [7, 11) is 0. The van der Waals surface area contributed by atoms with Gasteiger partial charge in [-0.05, 0) is 83.5 Å². The molecule has 352 valence electrons. The van der Waals surface area contributed by atoms with Crippen LogP contribution in [0.25, 0.3) is 0 Å². The monoisotopic (exact) mass is 844 g/mol. The van der Waals surface area contributed by atoms with Gasteiger partial charge in [-0.3, -0.25) is 4.79 Å². The lowest BCUT2D eigenvalue weighted by Crippen LogP contribution is -2.53. The van der Waals surface area contributed by atoms with Crippen LogP contribution in [0.4, 0.5) is 0 Å². The number of aliphatic hydroxyl groups excluding tert-OH is 4. The summed E-state index contributed by atoms with van der Waals surface area (Å²) in [5.41, 5.74) is 0. The standard InChI is InChI=1S/C54H101NO5/c1-3-5-7-9-11-13-15-17-18-19-20-21-22-23-24-25-26-27-28-29-30-31-32-33-34-35-36-38-40-42-44-46-48-52(58)54(60)55-50(49-56)53(59)51(57)47-45-43-41-39-37-16-14-12-10-8-6-4-2/h12,14,20-21,23-24,39,41,50-53,56-59H,3-11,13,15-19,22,25-38,40,42-49H2,1-2H3,(H,55,60)/b14-12+,21-20-,24-23-,41-39+. The summed E-state index contributed by atoms with van der Waals surface area (Å²) >= 11 is 0. The molecule has 1 amide bonds. The van der Waals surface area contributed by atoms with E-state index in [2.05, 4.69) is 67.8 Å². The molecule has 0 aliphatic heterocycles. The van der Waals surface area contributed by atoms with Crippen LogP contribution in [0.1, 0.15) is 258 Å². The zero-order valence-electron chi connectivity index (χ0n) is 39.7. The van der Waals surface area contributed by atoms with E-state index >= 15 is 0 Å². The van der Waals surface area contributed by atoms with Gasteiger partial charge in [0, 0.05) is 0 Å². The fourth-order valence-corrected chi connectivity index (χ4v) is 7.86. The summed E-state index contributed by atoms with van der Waals surface area (Å²) in [6.07, 6.45) is 60.4. The number of rotatable bonds is 47. The first kappa shape index (κ1) is 58.3. The van der Waals surface area contributed by atoms with Crippen LogP contribution < -0.4 is 5.32 Å². The van der Waals surface area contributed by atoms with Crippen molar-refractivity contribution in [1.82, 2.24) is 5.32 Å². The number of hydrogen-bond acceptors (Lipinski definition) is 5. The van der Waals surface area contributed by atoms with Crippen molar-refractivity contribution >= 4 is 5.91 Å². The molecule has 0 aromatic heterocycles. The van der Waals surface area contributed by atoms with Gasteiger partial charge in [-0.15, -0.1) is 0 Å². The van der Waals surface area contributed by atoms with E-state index in [9.17, 15) is 25.2 Å². The minimum atomic E-state index is -1.29. The number of carbonyl (C=O) groups excluding carboxylic acids is 1. The Labute approximate surface area is 372 Å². The number of hydrogen-bond donors (Lipinski definition) is 5. The van der Waals surface area contributed by atoms with Crippen molar-refractivity contribution in [2.45, 2.75) is 282 Å². The van der Waals surface area contributed by atoms with Crippen LogP contribution in [-0.2, 0) is 4.79 Å². The average molecular weight is 844 g/mol. The highest BCUT2D eigenvalue weighted by Crippen LogP contribution is 2.16. The highest BCUT2D eigenvalue weighted by Gasteiger charge is 2.28. The molecule has 0 saturated heterocycles. The molecule has 0 rings (SSSR count). The van der Waals surface area contributed by atoms with Crippen LogP contribution in [0.3, 0.4) is 0 Å². The summed E-state index contributed by atoms with van der Waals surface area (Å²) in [5.74, 6) is -0.598. The normalized spacial score (nSPS) is 14.3. The van der Waals surface area contributed by atoms with E-state index in [-0.39, 0.29) is 0 Å². The molecule has 0 saturated carbocycles. The summed E-state index contributed by atoms with van der Waals surface area (Å²) in [6.45, 7) is 4.00. The van der Waals surface area contributed by atoms with Gasteiger partial charge in [0.15, 0.2) is 0 Å². The third-order valence-corrected chi connectivity index (χ3v) is 12.0. The smallest absolute Gasteiger partial charge is 0.249 e. The van der Waals surface area contributed by atoms with Gasteiger partial charge in [0.1, 0.15) is 12.2 Å². The van der Waals surface area contributed by atoms with Crippen molar-refractivity contribution in [3.05, 3.63) is 48.6 Å². The van der Waals surface area contributed by atoms with Crippen LogP contribution in [0.15, 0.2) is 48.6 Å². The predicted molar refractivity (Wildman–Crippen MR) is 260 cm³/mol. The predicted octanol–water partition coefficient (Wildman–Crippen LogP) is 14.6. The largest absolute Gasteiger partial charge is 0.394 e. The molecule has 0 fully saturated rings. The van der Waals surface area contributed by atoms with E-state index in [1.165, 1.54) is 173 Å². The Morgan fingerprint density at radius 2 is 0.750 bits per heavy atom. The Kier molecular flexibility index (Phi) is 46.9. The van der Waals surface area contributed by atoms with Gasteiger partial charge in [-0.1, -0.05) is 223 Å². The number of allylic oxidation sites excluding steroid dienone is 8. The molecule has 0 bridgehead atoms. The van der Waals surface area contributed by atoms with E-state index in [0.717, 1.165) is 51.4 Å². The Balaban J connectivity index is 3.61. The van der Waals surface area contributed by atoms with Crippen LogP contribution in [-0.4, -0.2) is 57.3 Å². The molecule has 4 atom stereocenters. The van der Waals surface area contributed by atoms with Crippen molar-refractivity contribution < 1.29 is 25.2 Å². The summed E-state index contributed by atoms with van der Waals surface area (Å²) in [6, 6.07) is -1.01. The number of nitrogens with one attached hydrogen (secondary N) is 1. The van der Waals surface area contributed by atoms with Crippen molar-refractivity contribution in [2.75, 3.05) is 6.61 Å². The fraction of sp³-hybridized carbons (Fsp3) is 0.833. The van der Waals surface area contributed by atoms with Crippen LogP contribution in [0.5, 0.6) is 0 Å². The lowest BCUT2D eigenvalue weighted by atomic mass is 10.00. The molecule has 4 unspecified atom stereocenters. The molecular weight excluding hydrogens is 743 g/mol. The Morgan fingerprint density at radius 3 is 1.18 bits per heavy atom. The van der Waals surface area contributed by atoms with E-state index in [4.69, 9.17) is 0 Å². The molecule has 6 heteroatoms. The van der Waals surface area contributed by atoms with Gasteiger partial charge >= 0.3 is 0 Å². The van der Waals surface area contributed by atoms with Crippen LogP contribution in [0, 0.1) is 0 Å². The van der Waals surface area contributed by atoms with Gasteiger partial charge in [0.05, 0.1) is 18.8 Å². The zero-order valence-corrected chi connectivity index (χ0v) is 39.7. The van der Waals surface area contributed by atoms with E-state index < -0.39 is 36.9 Å². The second-order valence-corrected chi connectivity index (χ2v) is 17.8. The second-order valence-electron chi connectivity index (χ2n) is 17.8. The van der Waals surface area contributed by atoms with E-state index in [0.29, 0.717) is 19.3 Å². The molecular formula is C54H101NO5. The molecule has 0 aliphatic rings. The maximum atomic E-state index is 12.5. The number of amides is 1. The SMILES string of the molecule is CCCCC/C=C/CC/C=C/CCCC(O)C(O)C(CO)NC(=O)C(O)CCCCCCCCCCCCCCCCCC/C=C\C/C=C\CCCCCCCCCCC. The molecule has 0 aromatic carbocycles. The minimum absolute atomic E-state index is 0.360. The molecule has 0 spiro atoms. The fourth-order valence-electron chi connectivity index (χ4n) is 7.86. The molecule has 0 heterocycles. The molecule has 0 radical (unpaired) electrons. The van der Waals surface area contributed by atoms with Crippen molar-refractivity contribution in [1.29, 1.82) is 0 Å². The molecule has 60 heavy (non-hydrogen) atoms. The maximum Gasteiger partial charge on any atom is 0.249 e. The van der Waals surface area contributed by atoms with Crippen LogP contribution in [0.2, 0.25) is 0 Å². The maximum absolute atomic E-state index is 12.5. The molecule has 6 nitrogen and oxygen atoms in total. The summed E-state index contributed by atoms with van der Waals surface area (Å²) in [5, 5.41) is 43.7. The average Bonchev–Trinajstić information content (AvgIpc) is 3.25. The quantitative estimate of drug-likeness (QED) is 0.0310. The Morgan fingerprint density at radius 1 is 0.417 bits per heavy atom. The van der Waals surface area contributed by atoms with Crippen molar-refractivity contribution in [2.24, 2.45) is 0 Å². The molecule has 0 aliphatic carbocycles. The first-order valence-electron chi connectivity index (χ1n) is 26.0. The van der Waals surface area contributed by atoms with Crippen molar-refractivity contribution in [3.8, 4) is 0 Å². The topological polar surface area (TPSA) is 110 Å². The highest BCUT2D eigenvalue weighted by molar-refractivity contribution is 5.80. The van der Waals surface area contributed by atoms with Crippen LogP contribution >= 0.6 is 0 Å². The van der Waals surface area contributed by atoms with Crippen molar-refractivity contribution in [3.63, 3.8) is 0 Å². The second kappa shape index (κ2) is 48.3. The molecule has 0 aromatic rings. The van der Waals surface area contributed by atoms with Gasteiger partial charge in [-0.25, -0.2) is 0 Å². The van der Waals surface area contributed by atoms with Gasteiger partial charge in [0.2, 0.25) is 5.91 Å². The Hall–Kier alpha value is -1.73. The first-order valence-corrected chi connectivity index (χ1v) is 26.0. The van der Waals surface area contributed by atoms with Gasteiger partial charge in [0.25, 0.3) is 0 Å². The molecule has 5 N–H and O–H groups in total. The minimum Gasteiger partial charge on any atom is -0.394 e. The number of carbonyl (C=O) groups is 1. The number of unbranched alkanes of at least 4 members (excludes halogenated alkanes) is 30. The Bertz CT molecular complexity index is 993. The summed E-state index contributed by atoms with van der Waals surface area (Å²) in [4.78, 5) is 12.5. The third kappa shape index (κ3) is 41.6.